The molecule has 0 aromatic heterocycles. The van der Waals surface area contributed by atoms with Gasteiger partial charge in [-0.05, 0) is 18.2 Å². The fourth-order valence-electron chi connectivity index (χ4n) is 1.01. The molecule has 0 bridgehead atoms. The minimum absolute atomic E-state index is 0.107. The zero-order valence-electron chi connectivity index (χ0n) is 7.50. The van der Waals surface area contributed by atoms with E-state index in [0.717, 1.165) is 0 Å². The minimum Gasteiger partial charge on any atom is -0.490 e. The average Bonchev–Trinajstić information content (AvgIpc) is 2.15. The number of nitrogens with two attached hydrogens (primary N) is 2. The highest BCUT2D eigenvalue weighted by Gasteiger charge is 2.09. The number of nitrogen functional groups attached to an aromatic ring is 1. The number of halogens is 1. The van der Waals surface area contributed by atoms with Crippen molar-refractivity contribution < 1.29 is 13.9 Å². The molecule has 0 atom stereocenters. The number of carbonyl (C=O) groups is 1. The van der Waals surface area contributed by atoms with Crippen LogP contribution in [0, 0.1) is 0 Å². The van der Waals surface area contributed by atoms with Gasteiger partial charge in [-0.15, -0.1) is 0 Å². The third-order valence-electron chi connectivity index (χ3n) is 1.60. The third kappa shape index (κ3) is 2.35. The second-order valence-electron chi connectivity index (χ2n) is 2.66. The van der Waals surface area contributed by atoms with E-state index in [1.54, 1.807) is 6.07 Å². The molecule has 0 spiro atoms. The first-order valence-corrected chi connectivity index (χ1v) is 4.03. The number of ether oxygens (including phenoxy) is 1. The van der Waals surface area contributed by atoms with Crippen LogP contribution in [-0.4, -0.2) is 19.2 Å². The lowest BCUT2D eigenvalue weighted by molar-refractivity contribution is 0.0996. The molecule has 4 nitrogen and oxygen atoms in total. The fourth-order valence-corrected chi connectivity index (χ4v) is 1.01. The first kappa shape index (κ1) is 10.3. The summed E-state index contributed by atoms with van der Waals surface area (Å²) in [5.74, 6) is -0.393. The van der Waals surface area contributed by atoms with E-state index in [0.29, 0.717) is 5.69 Å². The van der Waals surface area contributed by atoms with Crippen molar-refractivity contribution in [2.75, 3.05) is 19.0 Å². The summed E-state index contributed by atoms with van der Waals surface area (Å²) in [4.78, 5) is 10.9. The molecule has 0 aliphatic carbocycles. The van der Waals surface area contributed by atoms with Crippen LogP contribution in [0.1, 0.15) is 10.4 Å². The van der Waals surface area contributed by atoms with E-state index >= 15 is 0 Å². The first-order valence-electron chi connectivity index (χ1n) is 4.03. The van der Waals surface area contributed by atoms with Crippen molar-refractivity contribution in [2.45, 2.75) is 0 Å². The Labute approximate surface area is 80.6 Å². The average molecular weight is 198 g/mol. The lowest BCUT2D eigenvalue weighted by Gasteiger charge is -2.08. The SMILES string of the molecule is NC(=O)c1cc(N)ccc1OCCF. The molecule has 0 radical (unpaired) electrons. The lowest BCUT2D eigenvalue weighted by atomic mass is 10.1. The predicted octanol–water partition coefficient (Wildman–Crippen LogP) is 0.716. The second kappa shape index (κ2) is 4.45. The van der Waals surface area contributed by atoms with Crippen LogP contribution in [0.3, 0.4) is 0 Å². The van der Waals surface area contributed by atoms with Gasteiger partial charge in [0.1, 0.15) is 19.0 Å². The maximum Gasteiger partial charge on any atom is 0.252 e. The molecular weight excluding hydrogens is 187 g/mol. The van der Waals surface area contributed by atoms with Gasteiger partial charge in [0.2, 0.25) is 0 Å². The van der Waals surface area contributed by atoms with Gasteiger partial charge in [0.25, 0.3) is 5.91 Å². The fraction of sp³-hybridized carbons (Fsp3) is 0.222. The van der Waals surface area contributed by atoms with E-state index < -0.39 is 12.6 Å². The first-order chi connectivity index (χ1) is 6.65. The van der Waals surface area contributed by atoms with Crippen molar-refractivity contribution in [3.63, 3.8) is 0 Å². The highest BCUT2D eigenvalue weighted by Crippen LogP contribution is 2.20. The highest BCUT2D eigenvalue weighted by atomic mass is 19.1. The Morgan fingerprint density at radius 2 is 2.21 bits per heavy atom. The molecular formula is C9H11FN2O2. The van der Waals surface area contributed by atoms with Gasteiger partial charge in [-0.3, -0.25) is 4.79 Å². The number of hydrogen-bond acceptors (Lipinski definition) is 3. The van der Waals surface area contributed by atoms with Crippen LogP contribution in [0.2, 0.25) is 0 Å². The van der Waals surface area contributed by atoms with Crippen LogP contribution < -0.4 is 16.2 Å². The number of primary amides is 1. The molecule has 0 unspecified atom stereocenters. The summed E-state index contributed by atoms with van der Waals surface area (Å²) in [6.07, 6.45) is 0. The number of benzene rings is 1. The second-order valence-corrected chi connectivity index (χ2v) is 2.66. The summed E-state index contributed by atoms with van der Waals surface area (Å²) in [6.45, 7) is -0.729. The predicted molar refractivity (Wildman–Crippen MR) is 50.8 cm³/mol. The Morgan fingerprint density at radius 3 is 2.79 bits per heavy atom. The summed E-state index contributed by atoms with van der Waals surface area (Å²) >= 11 is 0. The molecule has 76 valence electrons. The molecule has 1 aromatic rings. The van der Waals surface area contributed by atoms with E-state index in [1.165, 1.54) is 12.1 Å². The standard InChI is InChI=1S/C9H11FN2O2/c10-3-4-14-8-2-1-6(11)5-7(8)9(12)13/h1-2,5H,3-4,11H2,(H2,12,13). The topological polar surface area (TPSA) is 78.3 Å². The molecule has 4 N–H and O–H groups in total. The van der Waals surface area contributed by atoms with Crippen LogP contribution in [0.4, 0.5) is 10.1 Å². The molecule has 0 saturated heterocycles. The van der Waals surface area contributed by atoms with Gasteiger partial charge in [0, 0.05) is 5.69 Å². The van der Waals surface area contributed by atoms with Crippen LogP contribution >= 0.6 is 0 Å². The molecule has 0 fully saturated rings. The molecule has 0 saturated carbocycles. The van der Waals surface area contributed by atoms with E-state index in [-0.39, 0.29) is 17.9 Å². The van der Waals surface area contributed by atoms with Gasteiger partial charge >= 0.3 is 0 Å². The Hall–Kier alpha value is -1.78. The number of anilines is 1. The van der Waals surface area contributed by atoms with Gasteiger partial charge in [-0.25, -0.2) is 4.39 Å². The number of amides is 1. The number of carbonyl (C=O) groups excluding carboxylic acids is 1. The quantitative estimate of drug-likeness (QED) is 0.699. The summed E-state index contributed by atoms with van der Waals surface area (Å²) in [6, 6.07) is 4.45. The molecule has 14 heavy (non-hydrogen) atoms. The van der Waals surface area contributed by atoms with E-state index in [2.05, 4.69) is 0 Å². The minimum atomic E-state index is -0.647. The maximum atomic E-state index is 11.8. The third-order valence-corrected chi connectivity index (χ3v) is 1.60. The Morgan fingerprint density at radius 1 is 1.50 bits per heavy atom. The number of alkyl halides is 1. The van der Waals surface area contributed by atoms with Crippen LogP contribution in [-0.2, 0) is 0 Å². The van der Waals surface area contributed by atoms with Crippen molar-refractivity contribution in [3.05, 3.63) is 23.8 Å². The Balaban J connectivity index is 2.96. The zero-order valence-corrected chi connectivity index (χ0v) is 7.50. The van der Waals surface area contributed by atoms with Crippen molar-refractivity contribution >= 4 is 11.6 Å². The van der Waals surface area contributed by atoms with Crippen LogP contribution in [0.5, 0.6) is 5.75 Å². The van der Waals surface area contributed by atoms with Crippen LogP contribution in [0.25, 0.3) is 0 Å². The number of rotatable bonds is 4. The molecule has 0 aliphatic heterocycles. The summed E-state index contributed by atoms with van der Waals surface area (Å²) in [5, 5.41) is 0. The summed E-state index contributed by atoms with van der Waals surface area (Å²) in [5.41, 5.74) is 11.1. The van der Waals surface area contributed by atoms with Crippen molar-refractivity contribution in [1.82, 2.24) is 0 Å². The molecule has 1 aromatic carbocycles. The van der Waals surface area contributed by atoms with Crippen molar-refractivity contribution in [1.29, 1.82) is 0 Å². The van der Waals surface area contributed by atoms with E-state index in [9.17, 15) is 9.18 Å². The van der Waals surface area contributed by atoms with Gasteiger partial charge < -0.3 is 16.2 Å². The normalized spacial score (nSPS) is 9.79. The summed E-state index contributed by atoms with van der Waals surface area (Å²) < 4.78 is 16.8. The molecule has 0 aliphatic rings. The highest BCUT2D eigenvalue weighted by molar-refractivity contribution is 5.96. The molecule has 1 rings (SSSR count). The number of hydrogen-bond donors (Lipinski definition) is 2. The molecule has 0 heterocycles. The van der Waals surface area contributed by atoms with Crippen LogP contribution in [0.15, 0.2) is 18.2 Å². The van der Waals surface area contributed by atoms with Gasteiger partial charge in [0.15, 0.2) is 0 Å². The van der Waals surface area contributed by atoms with E-state index in [4.69, 9.17) is 16.2 Å². The monoisotopic (exact) mass is 198 g/mol. The van der Waals surface area contributed by atoms with Gasteiger partial charge in [-0.2, -0.15) is 0 Å². The smallest absolute Gasteiger partial charge is 0.252 e. The lowest BCUT2D eigenvalue weighted by Crippen LogP contribution is -2.14. The van der Waals surface area contributed by atoms with Gasteiger partial charge in [0.05, 0.1) is 5.56 Å². The summed E-state index contributed by atoms with van der Waals surface area (Å²) in [7, 11) is 0. The van der Waals surface area contributed by atoms with Gasteiger partial charge in [-0.1, -0.05) is 0 Å². The maximum absolute atomic E-state index is 11.8. The van der Waals surface area contributed by atoms with Crippen molar-refractivity contribution in [3.8, 4) is 5.75 Å². The molecule has 1 amide bonds. The molecule has 5 heteroatoms. The van der Waals surface area contributed by atoms with Crippen molar-refractivity contribution in [2.24, 2.45) is 5.73 Å². The zero-order chi connectivity index (χ0) is 10.6. The Bertz CT molecular complexity index is 342. The Kier molecular flexibility index (Phi) is 3.28. The van der Waals surface area contributed by atoms with E-state index in [1.807, 2.05) is 0 Å². The largest absolute Gasteiger partial charge is 0.490 e.